The first-order chi connectivity index (χ1) is 14.0. The monoisotopic (exact) mass is 388 g/mol. The number of hydrogen-bond donors (Lipinski definition) is 1. The average Bonchev–Trinajstić information content (AvgIpc) is 2.77. The molecule has 5 heteroatoms. The molecule has 0 saturated heterocycles. The maximum Gasteiger partial charge on any atom is 0.174 e. The number of hydrogen-bond acceptors (Lipinski definition) is 5. The third kappa shape index (κ3) is 4.58. The van der Waals surface area contributed by atoms with Crippen LogP contribution in [0.2, 0.25) is 0 Å². The fraction of sp³-hybridized carbons (Fsp3) is 0.125. The maximum absolute atomic E-state index is 13.1. The number of methoxy groups -OCH3 is 1. The van der Waals surface area contributed by atoms with Gasteiger partial charge in [-0.2, -0.15) is 0 Å². The van der Waals surface area contributed by atoms with E-state index in [1.165, 1.54) is 19.2 Å². The maximum atomic E-state index is 13.1. The lowest BCUT2D eigenvalue weighted by atomic mass is 9.85. The zero-order valence-corrected chi connectivity index (χ0v) is 15.9. The quantitative estimate of drug-likeness (QED) is 0.458. The molecule has 29 heavy (non-hydrogen) atoms. The summed E-state index contributed by atoms with van der Waals surface area (Å²) in [6.45, 7) is 0. The van der Waals surface area contributed by atoms with Crippen LogP contribution in [0.15, 0.2) is 78.9 Å². The highest BCUT2D eigenvalue weighted by Crippen LogP contribution is 2.25. The highest BCUT2D eigenvalue weighted by molar-refractivity contribution is 6.18. The van der Waals surface area contributed by atoms with Crippen molar-refractivity contribution in [1.29, 1.82) is 0 Å². The highest BCUT2D eigenvalue weighted by Gasteiger charge is 2.31. The van der Waals surface area contributed by atoms with Crippen molar-refractivity contribution >= 4 is 17.3 Å². The molecule has 0 aromatic heterocycles. The molecule has 3 aromatic carbocycles. The second-order valence-electron chi connectivity index (χ2n) is 6.52. The lowest BCUT2D eigenvalue weighted by Crippen LogP contribution is -2.27. The van der Waals surface area contributed by atoms with Gasteiger partial charge in [-0.3, -0.25) is 14.4 Å². The highest BCUT2D eigenvalue weighted by atomic mass is 16.5. The number of aromatic hydroxyl groups is 1. The lowest BCUT2D eigenvalue weighted by molar-refractivity contribution is 0.0759. The van der Waals surface area contributed by atoms with Crippen molar-refractivity contribution in [2.75, 3.05) is 7.11 Å². The van der Waals surface area contributed by atoms with E-state index in [0.717, 1.165) is 0 Å². The fourth-order valence-corrected chi connectivity index (χ4v) is 3.07. The van der Waals surface area contributed by atoms with Crippen LogP contribution >= 0.6 is 0 Å². The summed E-state index contributed by atoms with van der Waals surface area (Å²) in [6.07, 6.45) is -0.337. The van der Waals surface area contributed by atoms with E-state index in [9.17, 15) is 19.5 Å². The third-order valence-corrected chi connectivity index (χ3v) is 4.66. The number of ether oxygens (including phenoxy) is 1. The summed E-state index contributed by atoms with van der Waals surface area (Å²) < 4.78 is 5.10. The molecule has 0 heterocycles. The van der Waals surface area contributed by atoms with Gasteiger partial charge in [-0.15, -0.1) is 0 Å². The van der Waals surface area contributed by atoms with Crippen molar-refractivity contribution < 1.29 is 24.2 Å². The van der Waals surface area contributed by atoms with E-state index in [-0.39, 0.29) is 17.7 Å². The first-order valence-corrected chi connectivity index (χ1v) is 9.10. The zero-order chi connectivity index (χ0) is 20.8. The lowest BCUT2D eigenvalue weighted by Gasteiger charge is -2.15. The molecule has 0 aliphatic heterocycles. The minimum atomic E-state index is -1.20. The summed E-state index contributed by atoms with van der Waals surface area (Å²) in [5, 5.41) is 9.96. The molecule has 3 rings (SSSR count). The fourth-order valence-electron chi connectivity index (χ4n) is 3.07. The number of phenolic OH excluding ortho intramolecular Hbond substituents is 1. The Morgan fingerprint density at radius 1 is 0.793 bits per heavy atom. The van der Waals surface area contributed by atoms with Gasteiger partial charge in [0.05, 0.1) is 18.6 Å². The molecule has 1 N–H and O–H groups in total. The smallest absolute Gasteiger partial charge is 0.174 e. The van der Waals surface area contributed by atoms with Crippen LogP contribution in [0.5, 0.6) is 11.5 Å². The van der Waals surface area contributed by atoms with Crippen LogP contribution < -0.4 is 4.74 Å². The van der Waals surface area contributed by atoms with Gasteiger partial charge in [0.15, 0.2) is 17.3 Å². The molecular weight excluding hydrogens is 368 g/mol. The molecule has 0 bridgehead atoms. The van der Waals surface area contributed by atoms with Gasteiger partial charge in [0, 0.05) is 17.5 Å². The van der Waals surface area contributed by atoms with E-state index >= 15 is 0 Å². The molecule has 1 unspecified atom stereocenters. The van der Waals surface area contributed by atoms with Crippen molar-refractivity contribution in [2.45, 2.75) is 6.42 Å². The van der Waals surface area contributed by atoms with Gasteiger partial charge in [0.1, 0.15) is 11.5 Å². The second kappa shape index (κ2) is 8.97. The zero-order valence-electron chi connectivity index (χ0n) is 15.9. The SMILES string of the molecule is COc1ccc(C(=O)C(CC(=O)c2ccccc2O)C(=O)c2ccccc2)cc1. The van der Waals surface area contributed by atoms with Gasteiger partial charge in [-0.1, -0.05) is 42.5 Å². The number of benzene rings is 3. The van der Waals surface area contributed by atoms with Crippen molar-refractivity contribution in [3.05, 3.63) is 95.6 Å². The molecule has 146 valence electrons. The van der Waals surface area contributed by atoms with Crippen LogP contribution in [0.1, 0.15) is 37.5 Å². The third-order valence-electron chi connectivity index (χ3n) is 4.66. The molecule has 1 atom stereocenters. The van der Waals surface area contributed by atoms with Gasteiger partial charge in [0.25, 0.3) is 0 Å². The van der Waals surface area contributed by atoms with Crippen molar-refractivity contribution in [1.82, 2.24) is 0 Å². The second-order valence-corrected chi connectivity index (χ2v) is 6.52. The molecule has 5 nitrogen and oxygen atoms in total. The van der Waals surface area contributed by atoms with E-state index in [1.54, 1.807) is 66.7 Å². The van der Waals surface area contributed by atoms with E-state index in [1.807, 2.05) is 0 Å². The van der Waals surface area contributed by atoms with E-state index in [2.05, 4.69) is 0 Å². The average molecular weight is 388 g/mol. The topological polar surface area (TPSA) is 80.7 Å². The number of ketones is 3. The van der Waals surface area contributed by atoms with Crippen LogP contribution in [0.3, 0.4) is 0 Å². The number of carbonyl (C=O) groups is 3. The number of rotatable bonds is 8. The number of para-hydroxylation sites is 1. The van der Waals surface area contributed by atoms with Gasteiger partial charge >= 0.3 is 0 Å². The summed E-state index contributed by atoms with van der Waals surface area (Å²) in [5.74, 6) is -2.16. The largest absolute Gasteiger partial charge is 0.507 e. The molecule has 0 saturated carbocycles. The van der Waals surface area contributed by atoms with Crippen LogP contribution in [0, 0.1) is 5.92 Å². The molecule has 0 amide bonds. The number of Topliss-reactive ketones (excluding diaryl/α,β-unsaturated/α-hetero) is 3. The Hall–Kier alpha value is -3.73. The van der Waals surface area contributed by atoms with Gasteiger partial charge in [-0.05, 0) is 36.4 Å². The summed E-state index contributed by atoms with van der Waals surface area (Å²) in [5.41, 5.74) is 0.746. The first-order valence-electron chi connectivity index (χ1n) is 9.10. The predicted octanol–water partition coefficient (Wildman–Crippen LogP) is 4.36. The number of phenols is 1. The van der Waals surface area contributed by atoms with E-state index in [0.29, 0.717) is 16.9 Å². The molecule has 0 fully saturated rings. The van der Waals surface area contributed by atoms with Crippen molar-refractivity contribution in [3.8, 4) is 11.5 Å². The Morgan fingerprint density at radius 3 is 1.93 bits per heavy atom. The summed E-state index contributed by atoms with van der Waals surface area (Å²) >= 11 is 0. The summed E-state index contributed by atoms with van der Waals surface area (Å²) in [7, 11) is 1.52. The van der Waals surface area contributed by atoms with Crippen LogP contribution in [-0.4, -0.2) is 29.6 Å². The van der Waals surface area contributed by atoms with Crippen LogP contribution in [0.4, 0.5) is 0 Å². The Labute approximate surface area is 168 Å². The van der Waals surface area contributed by atoms with Crippen molar-refractivity contribution in [2.24, 2.45) is 5.92 Å². The number of carbonyl (C=O) groups excluding carboxylic acids is 3. The molecule has 3 aromatic rings. The molecule has 0 radical (unpaired) electrons. The van der Waals surface area contributed by atoms with Crippen LogP contribution in [-0.2, 0) is 0 Å². The van der Waals surface area contributed by atoms with Crippen molar-refractivity contribution in [3.63, 3.8) is 0 Å². The van der Waals surface area contributed by atoms with Crippen LogP contribution in [0.25, 0.3) is 0 Å². The summed E-state index contributed by atoms with van der Waals surface area (Å²) in [4.78, 5) is 39.0. The van der Waals surface area contributed by atoms with E-state index in [4.69, 9.17) is 4.74 Å². The van der Waals surface area contributed by atoms with E-state index < -0.39 is 23.3 Å². The summed E-state index contributed by atoms with van der Waals surface area (Å²) in [6, 6.07) is 20.9. The minimum absolute atomic E-state index is 0.0842. The molecule has 0 aliphatic carbocycles. The minimum Gasteiger partial charge on any atom is -0.507 e. The molecule has 0 spiro atoms. The Kier molecular flexibility index (Phi) is 6.19. The van der Waals surface area contributed by atoms with Gasteiger partial charge in [0.2, 0.25) is 0 Å². The normalized spacial score (nSPS) is 11.5. The Balaban J connectivity index is 1.94. The molecule has 0 aliphatic rings. The van der Waals surface area contributed by atoms with Gasteiger partial charge < -0.3 is 9.84 Å². The standard InChI is InChI=1S/C24H20O5/c1-29-18-13-11-17(12-14-18)24(28)20(23(27)16-7-3-2-4-8-16)15-22(26)19-9-5-6-10-21(19)25/h2-14,20,25H,15H2,1H3. The predicted molar refractivity (Wildman–Crippen MR) is 109 cm³/mol. The Morgan fingerprint density at radius 2 is 1.34 bits per heavy atom. The molecular formula is C24H20O5. The van der Waals surface area contributed by atoms with Gasteiger partial charge in [-0.25, -0.2) is 0 Å². The first kappa shape index (κ1) is 20.0. The Bertz CT molecular complexity index is 1020.